The van der Waals surface area contributed by atoms with Crippen LogP contribution in [0.25, 0.3) is 36.7 Å². The van der Waals surface area contributed by atoms with Gasteiger partial charge < -0.3 is 4.40 Å². The summed E-state index contributed by atoms with van der Waals surface area (Å²) in [4.78, 5) is 4.57. The molecule has 0 saturated heterocycles. The maximum absolute atomic E-state index is 4.57. The molecule has 3 heteroatoms. The minimum Gasteiger partial charge on any atom is -0.313 e. The Labute approximate surface area is 106 Å². The largest absolute Gasteiger partial charge is 0.313 e. The number of nitrogens with zero attached hydrogens (tertiary/aromatic N) is 2. The topological polar surface area (TPSA) is 17.3 Å². The molecule has 0 aliphatic heterocycles. The fourth-order valence-electron chi connectivity index (χ4n) is 2.92. The van der Waals surface area contributed by atoms with Gasteiger partial charge in [0.2, 0.25) is 0 Å². The highest BCUT2D eigenvalue weighted by atomic mass is 32.1. The lowest BCUT2D eigenvalue weighted by Crippen LogP contribution is -1.90. The molecule has 0 N–H and O–H groups in total. The van der Waals surface area contributed by atoms with Crippen LogP contribution in [-0.2, 0) is 0 Å². The van der Waals surface area contributed by atoms with E-state index >= 15 is 0 Å². The van der Waals surface area contributed by atoms with Crippen molar-refractivity contribution in [1.82, 2.24) is 9.38 Å². The molecular weight excluding hydrogens is 240 g/mol. The van der Waals surface area contributed by atoms with E-state index in [-0.39, 0.29) is 0 Å². The first-order valence-corrected chi connectivity index (χ1v) is 6.73. The maximum Gasteiger partial charge on any atom is 0.0949 e. The molecule has 2 nitrogen and oxygen atoms in total. The van der Waals surface area contributed by atoms with Gasteiger partial charge in [-0.25, -0.2) is 0 Å². The summed E-state index contributed by atoms with van der Waals surface area (Å²) in [5.41, 5.74) is 3.61. The molecule has 1 aromatic carbocycles. The number of pyridine rings is 2. The molecule has 84 valence electrons. The minimum absolute atomic E-state index is 1.09. The second-order valence-electron chi connectivity index (χ2n) is 4.55. The van der Waals surface area contributed by atoms with E-state index in [9.17, 15) is 0 Å². The molecule has 0 bridgehead atoms. The molecule has 4 aromatic heterocycles. The van der Waals surface area contributed by atoms with Crippen molar-refractivity contribution < 1.29 is 0 Å². The van der Waals surface area contributed by atoms with Crippen LogP contribution in [0, 0.1) is 0 Å². The Morgan fingerprint density at radius 2 is 2.00 bits per heavy atom. The van der Waals surface area contributed by atoms with E-state index in [0.717, 1.165) is 5.52 Å². The molecule has 4 heterocycles. The lowest BCUT2D eigenvalue weighted by atomic mass is 10.1. The van der Waals surface area contributed by atoms with Crippen molar-refractivity contribution in [2.75, 3.05) is 0 Å². The maximum atomic E-state index is 4.57. The Morgan fingerprint density at radius 3 is 3.00 bits per heavy atom. The standard InChI is InChI=1S/C15H8N2S/c1-3-9-13-11(5-1)18-12-6-8-17(15(12)13)10-4-2-7-16-14(9)10/h1-8H. The summed E-state index contributed by atoms with van der Waals surface area (Å²) in [7, 11) is 0. The summed E-state index contributed by atoms with van der Waals surface area (Å²) in [5, 5.41) is 2.62. The van der Waals surface area contributed by atoms with Crippen molar-refractivity contribution in [1.29, 1.82) is 0 Å². The van der Waals surface area contributed by atoms with E-state index in [2.05, 4.69) is 45.9 Å². The van der Waals surface area contributed by atoms with Crippen LogP contribution in [0.4, 0.5) is 0 Å². The van der Waals surface area contributed by atoms with Gasteiger partial charge in [-0.1, -0.05) is 12.1 Å². The van der Waals surface area contributed by atoms with Gasteiger partial charge in [0.1, 0.15) is 0 Å². The van der Waals surface area contributed by atoms with E-state index in [1.165, 1.54) is 31.2 Å². The van der Waals surface area contributed by atoms with Crippen molar-refractivity contribution >= 4 is 48.1 Å². The lowest BCUT2D eigenvalue weighted by Gasteiger charge is -2.06. The molecule has 5 rings (SSSR count). The van der Waals surface area contributed by atoms with Crippen LogP contribution in [-0.4, -0.2) is 9.38 Å². The smallest absolute Gasteiger partial charge is 0.0949 e. The van der Waals surface area contributed by atoms with E-state index in [1.807, 2.05) is 23.6 Å². The summed E-state index contributed by atoms with van der Waals surface area (Å²) in [6, 6.07) is 12.8. The van der Waals surface area contributed by atoms with E-state index in [1.54, 1.807) is 0 Å². The average Bonchev–Trinajstić information content (AvgIpc) is 2.97. The molecule has 0 aliphatic carbocycles. The third-order valence-electron chi connectivity index (χ3n) is 3.63. The Morgan fingerprint density at radius 1 is 1.00 bits per heavy atom. The fraction of sp³-hybridized carbons (Fsp3) is 0. The van der Waals surface area contributed by atoms with Crippen molar-refractivity contribution in [3.63, 3.8) is 0 Å². The number of rotatable bonds is 0. The molecular formula is C15H8N2S. The molecule has 0 amide bonds. The van der Waals surface area contributed by atoms with Crippen LogP contribution < -0.4 is 0 Å². The normalized spacial score (nSPS) is 12.4. The highest BCUT2D eigenvalue weighted by Gasteiger charge is 2.15. The quantitative estimate of drug-likeness (QED) is 0.374. The molecule has 0 saturated carbocycles. The summed E-state index contributed by atoms with van der Waals surface area (Å²) in [6.45, 7) is 0. The molecule has 5 aromatic rings. The summed E-state index contributed by atoms with van der Waals surface area (Å²) in [5.74, 6) is 0. The van der Waals surface area contributed by atoms with E-state index in [4.69, 9.17) is 0 Å². The number of fused-ring (bicyclic) bond motifs is 3. The monoisotopic (exact) mass is 248 g/mol. The molecule has 0 fully saturated rings. The number of hydrogen-bond donors (Lipinski definition) is 0. The third-order valence-corrected chi connectivity index (χ3v) is 4.74. The molecule has 0 radical (unpaired) electrons. The highest BCUT2D eigenvalue weighted by molar-refractivity contribution is 7.26. The fourth-order valence-corrected chi connectivity index (χ4v) is 4.03. The second kappa shape index (κ2) is 2.82. The Hall–Kier alpha value is -2.13. The van der Waals surface area contributed by atoms with Crippen LogP contribution >= 0.6 is 11.3 Å². The van der Waals surface area contributed by atoms with Crippen molar-refractivity contribution in [3.05, 3.63) is 48.8 Å². The van der Waals surface area contributed by atoms with Gasteiger partial charge in [-0.15, -0.1) is 11.3 Å². The van der Waals surface area contributed by atoms with Crippen molar-refractivity contribution in [2.45, 2.75) is 0 Å². The first-order valence-electron chi connectivity index (χ1n) is 5.92. The molecule has 0 aliphatic rings. The van der Waals surface area contributed by atoms with Crippen LogP contribution in [0.5, 0.6) is 0 Å². The summed E-state index contributed by atoms with van der Waals surface area (Å²) < 4.78 is 4.97. The van der Waals surface area contributed by atoms with Crippen LogP contribution in [0.1, 0.15) is 0 Å². The Kier molecular flexibility index (Phi) is 1.39. The first-order chi connectivity index (χ1) is 8.93. The van der Waals surface area contributed by atoms with Gasteiger partial charge >= 0.3 is 0 Å². The predicted molar refractivity (Wildman–Crippen MR) is 76.8 cm³/mol. The highest BCUT2D eigenvalue weighted by Crippen LogP contribution is 2.40. The van der Waals surface area contributed by atoms with E-state index < -0.39 is 0 Å². The molecule has 18 heavy (non-hydrogen) atoms. The Balaban J connectivity index is 2.36. The lowest BCUT2D eigenvalue weighted by molar-refractivity contribution is 1.26. The van der Waals surface area contributed by atoms with Crippen LogP contribution in [0.15, 0.2) is 48.8 Å². The minimum atomic E-state index is 1.09. The average molecular weight is 248 g/mol. The molecule has 0 unspecified atom stereocenters. The zero-order valence-corrected chi connectivity index (χ0v) is 10.2. The summed E-state index contributed by atoms with van der Waals surface area (Å²) >= 11 is 1.86. The number of aromatic nitrogens is 2. The number of thiophene rings is 1. The van der Waals surface area contributed by atoms with Gasteiger partial charge in [0.25, 0.3) is 0 Å². The van der Waals surface area contributed by atoms with Crippen molar-refractivity contribution in [2.24, 2.45) is 0 Å². The van der Waals surface area contributed by atoms with Gasteiger partial charge in [0.05, 0.1) is 21.3 Å². The van der Waals surface area contributed by atoms with Crippen LogP contribution in [0.2, 0.25) is 0 Å². The van der Waals surface area contributed by atoms with Gasteiger partial charge in [-0.05, 0) is 24.3 Å². The second-order valence-corrected chi connectivity index (χ2v) is 5.63. The van der Waals surface area contributed by atoms with Crippen LogP contribution in [0.3, 0.4) is 0 Å². The zero-order valence-electron chi connectivity index (χ0n) is 9.42. The number of benzene rings is 1. The van der Waals surface area contributed by atoms with Gasteiger partial charge in [-0.2, -0.15) is 0 Å². The third kappa shape index (κ3) is 0.854. The zero-order chi connectivity index (χ0) is 11.7. The van der Waals surface area contributed by atoms with Gasteiger partial charge in [-0.3, -0.25) is 4.98 Å². The summed E-state index contributed by atoms with van der Waals surface area (Å²) in [6.07, 6.45) is 4.02. The van der Waals surface area contributed by atoms with Crippen molar-refractivity contribution in [3.8, 4) is 0 Å². The predicted octanol–water partition coefficient (Wildman–Crippen LogP) is 4.29. The van der Waals surface area contributed by atoms with Gasteiger partial charge in [0.15, 0.2) is 0 Å². The molecule has 0 spiro atoms. The van der Waals surface area contributed by atoms with E-state index in [0.29, 0.717) is 0 Å². The Bertz CT molecular complexity index is 1020. The molecule has 0 atom stereocenters. The van der Waals surface area contributed by atoms with Gasteiger partial charge in [0, 0.05) is 27.9 Å². The first kappa shape index (κ1) is 8.89. The SMILES string of the molecule is c1cc2sc3ccn4c5cccnc5c(c1)c2c34. The number of hydrogen-bond acceptors (Lipinski definition) is 2.